The maximum absolute atomic E-state index is 5.44. The fourth-order valence-corrected chi connectivity index (χ4v) is 1.59. The summed E-state index contributed by atoms with van der Waals surface area (Å²) in [5, 5.41) is 0.964. The molecule has 2 aromatic heterocycles. The lowest BCUT2D eigenvalue weighted by Gasteiger charge is -1.87. The molecular weight excluding hydrogens is 157 g/mol. The Hall–Kier alpha value is -0.965. The van der Waals surface area contributed by atoms with E-state index >= 15 is 0 Å². The van der Waals surface area contributed by atoms with Crippen LogP contribution in [0.25, 0.3) is 10.5 Å². The van der Waals surface area contributed by atoms with Crippen molar-refractivity contribution in [3.05, 3.63) is 11.2 Å². The minimum atomic E-state index is 0.446. The van der Waals surface area contributed by atoms with Crippen molar-refractivity contribution in [1.29, 1.82) is 0 Å². The van der Waals surface area contributed by atoms with Crippen molar-refractivity contribution in [2.45, 2.75) is 6.92 Å². The van der Waals surface area contributed by atoms with Crippen molar-refractivity contribution < 1.29 is 0 Å². The Bertz CT molecular complexity index is 398. The normalized spacial score (nSPS) is 10.6. The Kier molecular flexibility index (Phi) is 1.39. The van der Waals surface area contributed by atoms with Gasteiger partial charge in [-0.1, -0.05) is 11.3 Å². The number of rotatable bonds is 0. The summed E-state index contributed by atoms with van der Waals surface area (Å²) in [6, 6.07) is 0. The predicted molar refractivity (Wildman–Crippen MR) is 45.3 cm³/mol. The molecule has 0 fully saturated rings. The van der Waals surface area contributed by atoms with Crippen LogP contribution in [0.5, 0.6) is 0 Å². The van der Waals surface area contributed by atoms with Crippen molar-refractivity contribution in [3.8, 4) is 0 Å². The molecule has 0 saturated heterocycles. The van der Waals surface area contributed by atoms with Gasteiger partial charge in [-0.3, -0.25) is 0 Å². The maximum Gasteiger partial charge on any atom is 0.189 e. The first-order valence-electron chi connectivity index (χ1n) is 3.11. The van der Waals surface area contributed by atoms with Crippen LogP contribution in [0.1, 0.15) is 5.01 Å². The predicted octanol–water partition coefficient (Wildman–Crippen LogP) is 0.189. The highest BCUT2D eigenvalue weighted by molar-refractivity contribution is 7.18. The van der Waals surface area contributed by atoms with E-state index in [1.54, 1.807) is 0 Å². The standard InChI is InChI=1S/C6H4BN3S/c1-3-9-5-6(11-3)10-4(7)2-8-5/h2H,1H3. The topological polar surface area (TPSA) is 38.7 Å². The smallest absolute Gasteiger partial charge is 0.189 e. The summed E-state index contributed by atoms with van der Waals surface area (Å²) in [5.41, 5.74) is 1.13. The fourth-order valence-electron chi connectivity index (χ4n) is 0.836. The van der Waals surface area contributed by atoms with Crippen LogP contribution in [0, 0.1) is 6.92 Å². The lowest BCUT2D eigenvalue weighted by molar-refractivity contribution is 1.25. The van der Waals surface area contributed by atoms with Crippen molar-refractivity contribution in [1.82, 2.24) is 15.0 Å². The van der Waals surface area contributed by atoms with Crippen LogP contribution in [0.15, 0.2) is 6.20 Å². The van der Waals surface area contributed by atoms with Crippen molar-refractivity contribution in [3.63, 3.8) is 0 Å². The van der Waals surface area contributed by atoms with Gasteiger partial charge in [-0.2, -0.15) is 0 Å². The average Bonchev–Trinajstić information content (AvgIpc) is 2.27. The number of thiazole rings is 1. The molecule has 0 spiro atoms. The van der Waals surface area contributed by atoms with Gasteiger partial charge in [-0.15, -0.1) is 0 Å². The first-order valence-corrected chi connectivity index (χ1v) is 3.93. The van der Waals surface area contributed by atoms with Crippen molar-refractivity contribution in [2.24, 2.45) is 0 Å². The summed E-state index contributed by atoms with van der Waals surface area (Å²) in [6.45, 7) is 1.92. The molecule has 2 heterocycles. The zero-order valence-corrected chi connectivity index (χ0v) is 6.72. The average molecular weight is 161 g/mol. The number of nitrogens with zero attached hydrogens (tertiary/aromatic N) is 3. The molecule has 0 aliphatic carbocycles. The second-order valence-corrected chi connectivity index (χ2v) is 3.34. The number of fused-ring (bicyclic) bond motifs is 1. The number of aryl methyl sites for hydroxylation is 1. The van der Waals surface area contributed by atoms with Crippen LogP contribution >= 0.6 is 11.3 Å². The van der Waals surface area contributed by atoms with E-state index < -0.39 is 0 Å². The van der Waals surface area contributed by atoms with Gasteiger partial charge in [0.05, 0.1) is 5.01 Å². The van der Waals surface area contributed by atoms with Gasteiger partial charge in [-0.25, -0.2) is 15.0 Å². The minimum absolute atomic E-state index is 0.446. The quantitative estimate of drug-likeness (QED) is 0.517. The van der Waals surface area contributed by atoms with Gasteiger partial charge in [0.1, 0.15) is 7.85 Å². The lowest BCUT2D eigenvalue weighted by Crippen LogP contribution is -2.07. The van der Waals surface area contributed by atoms with Crippen molar-refractivity contribution in [2.75, 3.05) is 0 Å². The summed E-state index contributed by atoms with van der Waals surface area (Å²) in [6.07, 6.45) is 1.52. The molecule has 0 aromatic carbocycles. The Balaban J connectivity index is 2.82. The number of aromatic nitrogens is 3. The Labute approximate surface area is 68.9 Å². The van der Waals surface area contributed by atoms with Crippen LogP contribution in [-0.4, -0.2) is 22.8 Å². The monoisotopic (exact) mass is 161 g/mol. The molecule has 0 aliphatic heterocycles. The molecule has 0 atom stereocenters. The molecule has 0 unspecified atom stereocenters. The molecule has 5 heteroatoms. The van der Waals surface area contributed by atoms with Gasteiger partial charge in [0.15, 0.2) is 10.5 Å². The van der Waals surface area contributed by atoms with Crippen LogP contribution < -0.4 is 5.59 Å². The summed E-state index contributed by atoms with van der Waals surface area (Å²) >= 11 is 1.50. The van der Waals surface area contributed by atoms with E-state index in [1.165, 1.54) is 17.5 Å². The lowest BCUT2D eigenvalue weighted by atomic mass is 10.1. The number of hydrogen-bond donors (Lipinski definition) is 0. The van der Waals surface area contributed by atoms with Gasteiger partial charge in [0, 0.05) is 11.8 Å². The van der Waals surface area contributed by atoms with E-state index in [-0.39, 0.29) is 0 Å². The zero-order chi connectivity index (χ0) is 7.84. The minimum Gasteiger partial charge on any atom is -0.249 e. The molecule has 0 N–H and O–H groups in total. The third-order valence-corrected chi connectivity index (χ3v) is 2.10. The van der Waals surface area contributed by atoms with Gasteiger partial charge in [0.25, 0.3) is 0 Å². The molecule has 11 heavy (non-hydrogen) atoms. The number of hydrogen-bond acceptors (Lipinski definition) is 4. The Morgan fingerprint density at radius 3 is 3.09 bits per heavy atom. The molecule has 52 valence electrons. The summed E-state index contributed by atoms with van der Waals surface area (Å²) in [5.74, 6) is 0. The van der Waals surface area contributed by atoms with E-state index in [4.69, 9.17) is 7.85 Å². The maximum atomic E-state index is 5.44. The highest BCUT2D eigenvalue weighted by Gasteiger charge is 2.01. The highest BCUT2D eigenvalue weighted by atomic mass is 32.1. The van der Waals surface area contributed by atoms with Gasteiger partial charge < -0.3 is 0 Å². The molecule has 2 rings (SSSR count). The summed E-state index contributed by atoms with van der Waals surface area (Å²) in [7, 11) is 5.44. The van der Waals surface area contributed by atoms with E-state index in [9.17, 15) is 0 Å². The molecule has 2 radical (unpaired) electrons. The molecule has 3 nitrogen and oxygen atoms in total. The van der Waals surface area contributed by atoms with Gasteiger partial charge >= 0.3 is 0 Å². The highest BCUT2D eigenvalue weighted by Crippen LogP contribution is 2.14. The third kappa shape index (κ3) is 1.11. The summed E-state index contributed by atoms with van der Waals surface area (Å²) < 4.78 is 0. The molecule has 0 bridgehead atoms. The van der Waals surface area contributed by atoms with Gasteiger partial charge in [-0.05, 0) is 6.92 Å². The van der Waals surface area contributed by atoms with Crippen LogP contribution in [-0.2, 0) is 0 Å². The second-order valence-electron chi connectivity index (χ2n) is 2.16. The fraction of sp³-hybridized carbons (Fsp3) is 0.167. The molecule has 0 saturated carbocycles. The largest absolute Gasteiger partial charge is 0.249 e. The van der Waals surface area contributed by atoms with E-state index in [0.717, 1.165) is 9.84 Å². The van der Waals surface area contributed by atoms with Gasteiger partial charge in [0.2, 0.25) is 0 Å². The molecular formula is C6H4BN3S. The van der Waals surface area contributed by atoms with Crippen LogP contribution in [0.3, 0.4) is 0 Å². The van der Waals surface area contributed by atoms with E-state index in [0.29, 0.717) is 11.2 Å². The van der Waals surface area contributed by atoms with Crippen LogP contribution in [0.4, 0.5) is 0 Å². The zero-order valence-electron chi connectivity index (χ0n) is 5.90. The Morgan fingerprint density at radius 1 is 1.45 bits per heavy atom. The Morgan fingerprint density at radius 2 is 2.27 bits per heavy atom. The first-order chi connectivity index (χ1) is 5.25. The first kappa shape index (κ1) is 6.73. The van der Waals surface area contributed by atoms with Crippen LogP contribution in [0.2, 0.25) is 0 Å². The SMILES string of the molecule is [B]c1cnc2nc(C)sc2n1. The van der Waals surface area contributed by atoms with Crippen molar-refractivity contribution >= 4 is 35.3 Å². The molecule has 0 amide bonds. The molecule has 0 aliphatic rings. The molecule has 2 aromatic rings. The van der Waals surface area contributed by atoms with E-state index in [2.05, 4.69) is 15.0 Å². The second kappa shape index (κ2) is 2.27. The summed E-state index contributed by atoms with van der Waals surface area (Å²) in [4.78, 5) is 13.0. The van der Waals surface area contributed by atoms with E-state index in [1.807, 2.05) is 6.92 Å². The third-order valence-electron chi connectivity index (χ3n) is 1.25.